The van der Waals surface area contributed by atoms with E-state index in [4.69, 9.17) is 14.2 Å². The van der Waals surface area contributed by atoms with Gasteiger partial charge in [0.1, 0.15) is 17.6 Å². The number of carbonyl (C=O) groups excluding carboxylic acids is 1. The Morgan fingerprint density at radius 2 is 2.07 bits per heavy atom. The third-order valence-corrected chi connectivity index (χ3v) is 4.72. The van der Waals surface area contributed by atoms with E-state index >= 15 is 0 Å². The highest BCUT2D eigenvalue weighted by Gasteiger charge is 2.23. The lowest BCUT2D eigenvalue weighted by Crippen LogP contribution is -2.39. The van der Waals surface area contributed by atoms with Gasteiger partial charge in [-0.1, -0.05) is 0 Å². The van der Waals surface area contributed by atoms with E-state index in [0.29, 0.717) is 30.2 Å². The minimum atomic E-state index is -0.269. The Bertz CT molecular complexity index is 586. The molecule has 1 aliphatic rings. The summed E-state index contributed by atoms with van der Waals surface area (Å²) in [6.45, 7) is 5.48. The lowest BCUT2D eigenvalue weighted by molar-refractivity contribution is 0.0842. The summed E-state index contributed by atoms with van der Waals surface area (Å²) < 4.78 is 16.4. The molecule has 0 aromatic heterocycles. The molecule has 1 aromatic carbocycles. The van der Waals surface area contributed by atoms with Crippen molar-refractivity contribution < 1.29 is 24.1 Å². The topological polar surface area (TPSA) is 80.3 Å². The minimum Gasteiger partial charge on any atom is -0.497 e. The summed E-state index contributed by atoms with van der Waals surface area (Å²) in [4.78, 5) is 14.8. The van der Waals surface area contributed by atoms with Crippen LogP contribution in [0.15, 0.2) is 18.2 Å². The number of methoxy groups -OCH3 is 2. The number of likely N-dealkylation sites (tertiary alicyclic amines) is 1. The summed E-state index contributed by atoms with van der Waals surface area (Å²) in [5.74, 6) is 1.03. The summed E-state index contributed by atoms with van der Waals surface area (Å²) in [6, 6.07) is 5.26. The molecule has 0 saturated carbocycles. The molecule has 1 atom stereocenters. The maximum absolute atomic E-state index is 12.5. The highest BCUT2D eigenvalue weighted by molar-refractivity contribution is 5.97. The Kier molecular flexibility index (Phi) is 8.84. The predicted molar refractivity (Wildman–Crippen MR) is 104 cm³/mol. The monoisotopic (exact) mass is 380 g/mol. The summed E-state index contributed by atoms with van der Waals surface area (Å²) in [7, 11) is 3.19. The molecule has 0 spiro atoms. The van der Waals surface area contributed by atoms with Gasteiger partial charge in [-0.05, 0) is 38.3 Å². The number of hydrogen-bond donors (Lipinski definition) is 2. The molecule has 1 aromatic rings. The molecule has 1 saturated heterocycles. The molecule has 0 radical (unpaired) electrons. The van der Waals surface area contributed by atoms with Crippen molar-refractivity contribution in [2.45, 2.75) is 38.4 Å². The number of piperidine rings is 1. The van der Waals surface area contributed by atoms with Gasteiger partial charge < -0.3 is 29.5 Å². The fraction of sp³-hybridized carbons (Fsp3) is 0.650. The number of rotatable bonds is 10. The average Bonchev–Trinajstić information content (AvgIpc) is 2.67. The normalized spacial score (nSPS) is 16.7. The number of aliphatic hydroxyl groups excluding tert-OH is 1. The van der Waals surface area contributed by atoms with E-state index in [9.17, 15) is 9.90 Å². The molecule has 0 bridgehead atoms. The van der Waals surface area contributed by atoms with E-state index in [-0.39, 0.29) is 18.1 Å². The first-order valence-corrected chi connectivity index (χ1v) is 9.55. The van der Waals surface area contributed by atoms with E-state index in [1.165, 1.54) is 0 Å². The lowest BCUT2D eigenvalue weighted by atomic mass is 10.1. The summed E-state index contributed by atoms with van der Waals surface area (Å²) in [6.07, 6.45) is 2.36. The molecule has 1 aliphatic heterocycles. The van der Waals surface area contributed by atoms with Crippen LogP contribution in [0.2, 0.25) is 0 Å². The first-order valence-electron chi connectivity index (χ1n) is 9.55. The van der Waals surface area contributed by atoms with Gasteiger partial charge in [-0.3, -0.25) is 4.79 Å². The number of benzene rings is 1. The highest BCUT2D eigenvalue weighted by atomic mass is 16.5. The van der Waals surface area contributed by atoms with Crippen molar-refractivity contribution in [1.82, 2.24) is 10.2 Å². The fourth-order valence-electron chi connectivity index (χ4n) is 3.08. The van der Waals surface area contributed by atoms with Crippen molar-refractivity contribution in [2.75, 3.05) is 47.0 Å². The third kappa shape index (κ3) is 7.01. The third-order valence-electron chi connectivity index (χ3n) is 4.72. The van der Waals surface area contributed by atoms with Crippen LogP contribution in [0.5, 0.6) is 11.5 Å². The second kappa shape index (κ2) is 11.1. The smallest absolute Gasteiger partial charge is 0.255 e. The number of nitrogens with zero attached hydrogens (tertiary/aromatic N) is 1. The maximum atomic E-state index is 12.5. The largest absolute Gasteiger partial charge is 0.497 e. The molecular weight excluding hydrogens is 348 g/mol. The van der Waals surface area contributed by atoms with Crippen LogP contribution in [0.25, 0.3) is 0 Å². The Labute approximate surface area is 161 Å². The van der Waals surface area contributed by atoms with Crippen molar-refractivity contribution in [3.63, 3.8) is 0 Å². The van der Waals surface area contributed by atoms with E-state index in [0.717, 1.165) is 38.9 Å². The van der Waals surface area contributed by atoms with E-state index in [1.54, 1.807) is 32.4 Å². The SMILES string of the molecule is COCCNC(=O)c1ccc(OC)cc1OC1CCN(CC[C@H](C)O)CC1. The van der Waals surface area contributed by atoms with Crippen LogP contribution in [-0.2, 0) is 4.74 Å². The Hall–Kier alpha value is -1.83. The Morgan fingerprint density at radius 1 is 1.33 bits per heavy atom. The first-order chi connectivity index (χ1) is 13.0. The number of aliphatic hydroxyl groups is 1. The van der Waals surface area contributed by atoms with Gasteiger partial charge in [0.15, 0.2) is 0 Å². The molecule has 2 N–H and O–H groups in total. The zero-order valence-electron chi connectivity index (χ0n) is 16.6. The molecule has 1 heterocycles. The Balaban J connectivity index is 1.97. The van der Waals surface area contributed by atoms with Gasteiger partial charge >= 0.3 is 0 Å². The summed E-state index contributed by atoms with van der Waals surface area (Å²) in [5.41, 5.74) is 0.503. The quantitative estimate of drug-likeness (QED) is 0.601. The molecule has 7 heteroatoms. The molecule has 7 nitrogen and oxygen atoms in total. The van der Waals surface area contributed by atoms with E-state index < -0.39 is 0 Å². The molecule has 1 amide bonds. The van der Waals surface area contributed by atoms with Gasteiger partial charge in [-0.15, -0.1) is 0 Å². The van der Waals surface area contributed by atoms with E-state index in [1.807, 2.05) is 6.92 Å². The average molecular weight is 380 g/mol. The summed E-state index contributed by atoms with van der Waals surface area (Å²) >= 11 is 0. The lowest BCUT2D eigenvalue weighted by Gasteiger charge is -2.32. The van der Waals surface area contributed by atoms with E-state index in [2.05, 4.69) is 10.2 Å². The summed E-state index contributed by atoms with van der Waals surface area (Å²) in [5, 5.41) is 12.3. The fourth-order valence-corrected chi connectivity index (χ4v) is 3.08. The zero-order chi connectivity index (χ0) is 19.6. The van der Waals surface area contributed by atoms with Gasteiger partial charge in [0.2, 0.25) is 0 Å². The van der Waals surface area contributed by atoms with Crippen molar-refractivity contribution in [1.29, 1.82) is 0 Å². The number of hydrogen-bond acceptors (Lipinski definition) is 6. The Morgan fingerprint density at radius 3 is 2.70 bits per heavy atom. The van der Waals surface area contributed by atoms with Crippen LogP contribution < -0.4 is 14.8 Å². The molecule has 27 heavy (non-hydrogen) atoms. The number of amides is 1. The first kappa shape index (κ1) is 21.5. The van der Waals surface area contributed by atoms with Gasteiger partial charge in [-0.25, -0.2) is 0 Å². The van der Waals surface area contributed by atoms with Crippen LogP contribution >= 0.6 is 0 Å². The molecule has 1 fully saturated rings. The van der Waals surface area contributed by atoms with Crippen molar-refractivity contribution >= 4 is 5.91 Å². The molecule has 0 unspecified atom stereocenters. The van der Waals surface area contributed by atoms with Crippen molar-refractivity contribution in [2.24, 2.45) is 0 Å². The van der Waals surface area contributed by atoms with Crippen LogP contribution in [-0.4, -0.2) is 75.1 Å². The maximum Gasteiger partial charge on any atom is 0.255 e. The van der Waals surface area contributed by atoms with Gasteiger partial charge in [-0.2, -0.15) is 0 Å². The molecule has 0 aliphatic carbocycles. The second-order valence-corrected chi connectivity index (χ2v) is 6.91. The van der Waals surface area contributed by atoms with Crippen LogP contribution in [0.1, 0.15) is 36.5 Å². The number of carbonyl (C=O) groups is 1. The standard InChI is InChI=1S/C20H32N2O5/c1-15(23)6-10-22-11-7-16(8-12-22)27-19-14-17(26-3)4-5-18(19)20(24)21-9-13-25-2/h4-5,14-16,23H,6-13H2,1-3H3,(H,21,24)/t15-/m0/s1. The van der Waals surface area contributed by atoms with Crippen LogP contribution in [0.4, 0.5) is 0 Å². The predicted octanol–water partition coefficient (Wildman–Crippen LogP) is 1.69. The minimum absolute atomic E-state index is 0.0606. The van der Waals surface area contributed by atoms with Crippen LogP contribution in [0.3, 0.4) is 0 Å². The molecule has 2 rings (SSSR count). The van der Waals surface area contributed by atoms with Gasteiger partial charge in [0.05, 0.1) is 25.4 Å². The number of ether oxygens (including phenoxy) is 3. The van der Waals surface area contributed by atoms with Crippen molar-refractivity contribution in [3.05, 3.63) is 23.8 Å². The van der Waals surface area contributed by atoms with Gasteiger partial charge in [0, 0.05) is 39.4 Å². The second-order valence-electron chi connectivity index (χ2n) is 6.91. The molecule has 152 valence electrons. The van der Waals surface area contributed by atoms with Crippen molar-refractivity contribution in [3.8, 4) is 11.5 Å². The zero-order valence-corrected chi connectivity index (χ0v) is 16.6. The van der Waals surface area contributed by atoms with Crippen LogP contribution in [0, 0.1) is 0 Å². The number of nitrogens with one attached hydrogen (secondary N) is 1. The van der Waals surface area contributed by atoms with Gasteiger partial charge in [0.25, 0.3) is 5.91 Å². The molecular formula is C20H32N2O5. The highest BCUT2D eigenvalue weighted by Crippen LogP contribution is 2.28.